The Morgan fingerprint density at radius 1 is 0.656 bits per heavy atom. The predicted octanol–water partition coefficient (Wildman–Crippen LogP) is 6.03. The van der Waals surface area contributed by atoms with Crippen LogP contribution in [0.2, 0.25) is 0 Å². The highest BCUT2D eigenvalue weighted by atomic mass is 16.5. The van der Waals surface area contributed by atoms with Gasteiger partial charge >= 0.3 is 5.97 Å². The first kappa shape index (κ1) is 19.6. The fourth-order valence-corrected chi connectivity index (χ4v) is 3.72. The molecular weight excluding hydrogens is 396 g/mol. The van der Waals surface area contributed by atoms with E-state index >= 15 is 0 Å². The van der Waals surface area contributed by atoms with E-state index in [9.17, 15) is 4.79 Å². The van der Waals surface area contributed by atoms with Gasteiger partial charge in [-0.3, -0.25) is 9.78 Å². The Hall–Kier alpha value is -4.31. The highest BCUT2D eigenvalue weighted by Gasteiger charge is 2.24. The third-order valence-electron chi connectivity index (χ3n) is 5.32. The van der Waals surface area contributed by atoms with Gasteiger partial charge < -0.3 is 4.74 Å². The first-order valence-corrected chi connectivity index (χ1v) is 10.4. The lowest BCUT2D eigenvalue weighted by molar-refractivity contribution is -0.135. The summed E-state index contributed by atoms with van der Waals surface area (Å²) in [4.78, 5) is 22.3. The summed E-state index contributed by atoms with van der Waals surface area (Å²) in [6.07, 6.45) is 1.75. The number of fused-ring (bicyclic) bond motifs is 1. The number of para-hydroxylation sites is 2. The van der Waals surface area contributed by atoms with E-state index in [-0.39, 0.29) is 5.97 Å². The maximum atomic E-state index is 13.2. The molecule has 1 aromatic heterocycles. The van der Waals surface area contributed by atoms with Crippen LogP contribution in [0.15, 0.2) is 115 Å². The number of esters is 1. The van der Waals surface area contributed by atoms with Crippen molar-refractivity contribution in [3.05, 3.63) is 127 Å². The zero-order valence-corrected chi connectivity index (χ0v) is 17.3. The molecule has 0 amide bonds. The molecule has 4 heteroatoms. The fourth-order valence-electron chi connectivity index (χ4n) is 3.72. The van der Waals surface area contributed by atoms with Crippen LogP contribution in [0.5, 0.6) is 5.75 Å². The van der Waals surface area contributed by atoms with Crippen molar-refractivity contribution in [1.29, 1.82) is 0 Å². The van der Waals surface area contributed by atoms with Crippen molar-refractivity contribution in [2.45, 2.75) is 5.92 Å². The number of nitrogens with zero attached hydrogens (tertiary/aromatic N) is 2. The van der Waals surface area contributed by atoms with Gasteiger partial charge in [-0.25, -0.2) is 4.98 Å². The summed E-state index contributed by atoms with van der Waals surface area (Å²) in [5, 5.41) is 0. The maximum Gasteiger partial charge on any atom is 0.323 e. The van der Waals surface area contributed by atoms with Crippen LogP contribution in [0.25, 0.3) is 22.3 Å². The lowest BCUT2D eigenvalue weighted by Crippen LogP contribution is -2.20. The Morgan fingerprint density at radius 3 is 1.84 bits per heavy atom. The largest absolute Gasteiger partial charge is 0.426 e. The normalized spacial score (nSPS) is 10.9. The topological polar surface area (TPSA) is 52.1 Å². The van der Waals surface area contributed by atoms with E-state index in [4.69, 9.17) is 4.74 Å². The molecule has 5 aromatic rings. The van der Waals surface area contributed by atoms with E-state index in [1.165, 1.54) is 0 Å². The summed E-state index contributed by atoms with van der Waals surface area (Å²) in [5.74, 6) is -0.326. The van der Waals surface area contributed by atoms with Gasteiger partial charge in [0.15, 0.2) is 0 Å². The Balaban J connectivity index is 1.39. The van der Waals surface area contributed by atoms with E-state index in [0.29, 0.717) is 5.75 Å². The molecule has 0 aliphatic heterocycles. The molecule has 32 heavy (non-hydrogen) atoms. The van der Waals surface area contributed by atoms with Gasteiger partial charge in [0.05, 0.1) is 22.9 Å². The van der Waals surface area contributed by atoms with E-state index in [1.807, 2.05) is 97.1 Å². The number of rotatable bonds is 5. The van der Waals surface area contributed by atoms with Crippen molar-refractivity contribution in [1.82, 2.24) is 9.97 Å². The molecule has 0 saturated carbocycles. The highest BCUT2D eigenvalue weighted by Crippen LogP contribution is 2.28. The molecule has 0 saturated heterocycles. The Morgan fingerprint density at radius 2 is 1.22 bits per heavy atom. The molecule has 0 atom stereocenters. The first-order valence-electron chi connectivity index (χ1n) is 10.4. The second kappa shape index (κ2) is 8.82. The third-order valence-corrected chi connectivity index (χ3v) is 5.32. The zero-order chi connectivity index (χ0) is 21.8. The fraction of sp³-hybridized carbons (Fsp3) is 0.0357. The number of ether oxygens (including phenoxy) is 1. The van der Waals surface area contributed by atoms with Gasteiger partial charge in [0.25, 0.3) is 0 Å². The van der Waals surface area contributed by atoms with Crippen LogP contribution in [0.1, 0.15) is 17.0 Å². The predicted molar refractivity (Wildman–Crippen MR) is 125 cm³/mol. The van der Waals surface area contributed by atoms with Crippen molar-refractivity contribution >= 4 is 17.0 Å². The molecule has 0 bridgehead atoms. The van der Waals surface area contributed by atoms with Crippen LogP contribution < -0.4 is 4.74 Å². The Kier molecular flexibility index (Phi) is 5.41. The molecule has 5 rings (SSSR count). The van der Waals surface area contributed by atoms with Crippen molar-refractivity contribution in [3.8, 4) is 17.0 Å². The molecule has 0 N–H and O–H groups in total. The van der Waals surface area contributed by atoms with Crippen molar-refractivity contribution < 1.29 is 9.53 Å². The van der Waals surface area contributed by atoms with Crippen LogP contribution >= 0.6 is 0 Å². The quantitative estimate of drug-likeness (QED) is 0.259. The van der Waals surface area contributed by atoms with Gasteiger partial charge in [-0.2, -0.15) is 0 Å². The van der Waals surface area contributed by atoms with Crippen LogP contribution in [-0.4, -0.2) is 15.9 Å². The summed E-state index contributed by atoms with van der Waals surface area (Å²) in [6.45, 7) is 0. The molecule has 1 heterocycles. The van der Waals surface area contributed by atoms with Gasteiger partial charge in [0.1, 0.15) is 11.7 Å². The molecule has 0 aliphatic carbocycles. The lowest BCUT2D eigenvalue weighted by atomic mass is 9.91. The van der Waals surface area contributed by atoms with E-state index < -0.39 is 5.92 Å². The molecule has 0 radical (unpaired) electrons. The summed E-state index contributed by atoms with van der Waals surface area (Å²) >= 11 is 0. The van der Waals surface area contributed by atoms with Gasteiger partial charge in [0.2, 0.25) is 0 Å². The molecule has 0 aliphatic rings. The molecule has 4 nitrogen and oxygen atoms in total. The number of hydrogen-bond donors (Lipinski definition) is 0. The molecule has 0 fully saturated rings. The van der Waals surface area contributed by atoms with E-state index in [0.717, 1.165) is 33.4 Å². The Labute approximate surface area is 186 Å². The molecule has 0 unspecified atom stereocenters. The van der Waals surface area contributed by atoms with E-state index in [2.05, 4.69) is 9.97 Å². The number of carbonyl (C=O) groups excluding carboxylic acids is 1. The second-order valence-electron chi connectivity index (χ2n) is 7.44. The maximum absolute atomic E-state index is 13.2. The van der Waals surface area contributed by atoms with Gasteiger partial charge in [-0.05, 0) is 47.5 Å². The van der Waals surface area contributed by atoms with Crippen molar-refractivity contribution in [2.24, 2.45) is 0 Å². The van der Waals surface area contributed by atoms with Crippen LogP contribution in [0, 0.1) is 0 Å². The van der Waals surface area contributed by atoms with Crippen LogP contribution in [-0.2, 0) is 4.79 Å². The molecule has 4 aromatic carbocycles. The lowest BCUT2D eigenvalue weighted by Gasteiger charge is -2.17. The minimum atomic E-state index is -0.497. The summed E-state index contributed by atoms with van der Waals surface area (Å²) in [7, 11) is 0. The van der Waals surface area contributed by atoms with Gasteiger partial charge in [-0.15, -0.1) is 0 Å². The molecular formula is C28H20N2O2. The Bertz CT molecular complexity index is 1310. The third kappa shape index (κ3) is 4.12. The molecule has 0 spiro atoms. The summed E-state index contributed by atoms with van der Waals surface area (Å²) in [5.41, 5.74) is 5.17. The van der Waals surface area contributed by atoms with Crippen molar-refractivity contribution in [2.75, 3.05) is 0 Å². The number of aromatic nitrogens is 2. The summed E-state index contributed by atoms with van der Waals surface area (Å²) < 4.78 is 5.77. The van der Waals surface area contributed by atoms with Gasteiger partial charge in [-0.1, -0.05) is 72.8 Å². The van der Waals surface area contributed by atoms with Crippen molar-refractivity contribution in [3.63, 3.8) is 0 Å². The minimum absolute atomic E-state index is 0.319. The number of benzene rings is 4. The van der Waals surface area contributed by atoms with Gasteiger partial charge in [0, 0.05) is 5.56 Å². The second-order valence-corrected chi connectivity index (χ2v) is 7.44. The average molecular weight is 416 g/mol. The van der Waals surface area contributed by atoms with Crippen LogP contribution in [0.3, 0.4) is 0 Å². The van der Waals surface area contributed by atoms with E-state index in [1.54, 1.807) is 18.3 Å². The molecule has 154 valence electrons. The standard InChI is InChI=1S/C28H20N2O2/c31-28(27(21-9-3-1-4-10-21)22-11-5-2-6-12-22)32-23-17-15-20(16-18-23)26-19-29-24-13-7-8-14-25(24)30-26/h1-19,27H. The minimum Gasteiger partial charge on any atom is -0.426 e. The van der Waals surface area contributed by atoms with Crippen LogP contribution in [0.4, 0.5) is 0 Å². The monoisotopic (exact) mass is 416 g/mol. The number of hydrogen-bond acceptors (Lipinski definition) is 4. The number of carbonyl (C=O) groups is 1. The average Bonchev–Trinajstić information content (AvgIpc) is 2.86. The highest BCUT2D eigenvalue weighted by molar-refractivity contribution is 5.84. The SMILES string of the molecule is O=C(Oc1ccc(-c2cnc3ccccc3n2)cc1)C(c1ccccc1)c1ccccc1. The zero-order valence-electron chi connectivity index (χ0n) is 17.3. The first-order chi connectivity index (χ1) is 15.8. The smallest absolute Gasteiger partial charge is 0.323 e. The summed E-state index contributed by atoms with van der Waals surface area (Å²) in [6, 6.07) is 34.5.